The van der Waals surface area contributed by atoms with Gasteiger partial charge in [0.25, 0.3) is 6.26 Å². The summed E-state index contributed by atoms with van der Waals surface area (Å²) in [6.45, 7) is 0. The van der Waals surface area contributed by atoms with E-state index in [4.69, 9.17) is 20.0 Å². The van der Waals surface area contributed by atoms with Gasteiger partial charge in [-0.15, -0.1) is 5.26 Å². The van der Waals surface area contributed by atoms with Gasteiger partial charge < -0.3 is 14.8 Å². The van der Waals surface area contributed by atoms with E-state index in [9.17, 15) is 0 Å². The van der Waals surface area contributed by atoms with Crippen molar-refractivity contribution in [1.29, 1.82) is 5.26 Å². The van der Waals surface area contributed by atoms with Gasteiger partial charge in [0.15, 0.2) is 0 Å². The summed E-state index contributed by atoms with van der Waals surface area (Å²) < 4.78 is 4.77. The van der Waals surface area contributed by atoms with E-state index in [1.54, 1.807) is 30.5 Å². The molecule has 0 amide bonds. The molecule has 3 aromatic carbocycles. The van der Waals surface area contributed by atoms with Gasteiger partial charge in [-0.2, -0.15) is 0 Å². The highest BCUT2D eigenvalue weighted by Crippen LogP contribution is 2.26. The molecule has 24 heavy (non-hydrogen) atoms. The van der Waals surface area contributed by atoms with Gasteiger partial charge in [0, 0.05) is 0 Å². The number of nitriles is 1. The highest BCUT2D eigenvalue weighted by atomic mass is 16.5. The third-order valence-electron chi connectivity index (χ3n) is 3.78. The normalized spacial score (nSPS) is 10.0. The fourth-order valence-electron chi connectivity index (χ4n) is 2.47. The van der Waals surface area contributed by atoms with Crippen molar-refractivity contribution < 1.29 is 14.8 Å². The summed E-state index contributed by atoms with van der Waals surface area (Å²) >= 11 is 0. The Balaban J connectivity index is 1.81. The van der Waals surface area contributed by atoms with Gasteiger partial charge in [-0.25, -0.2) is 0 Å². The van der Waals surface area contributed by atoms with E-state index in [2.05, 4.69) is 0 Å². The smallest absolute Gasteiger partial charge is 0.423 e. The van der Waals surface area contributed by atoms with Gasteiger partial charge in [-0.05, 0) is 39.8 Å². The van der Waals surface area contributed by atoms with Crippen LogP contribution in [0.15, 0.2) is 72.8 Å². The van der Waals surface area contributed by atoms with Crippen LogP contribution in [0.2, 0.25) is 0 Å². The molecule has 0 aliphatic carbocycles. The Hall–Kier alpha value is -3.07. The molecule has 3 aromatic rings. The largest absolute Gasteiger partial charge is 0.488 e. The number of hydrogen-bond acceptors (Lipinski definition) is 4. The van der Waals surface area contributed by atoms with Gasteiger partial charge in [0.05, 0.1) is 0 Å². The molecule has 4 nitrogen and oxygen atoms in total. The Labute approximate surface area is 140 Å². The summed E-state index contributed by atoms with van der Waals surface area (Å²) in [6, 6.07) is 22.5. The zero-order valence-corrected chi connectivity index (χ0v) is 12.8. The molecule has 0 saturated carbocycles. The molecule has 0 heterocycles. The lowest BCUT2D eigenvalue weighted by atomic mass is 9.80. The summed E-state index contributed by atoms with van der Waals surface area (Å²) in [7, 11) is -1.45. The molecule has 0 spiro atoms. The Bertz CT molecular complexity index is 851. The van der Waals surface area contributed by atoms with E-state index in [0.717, 1.165) is 22.3 Å². The van der Waals surface area contributed by atoms with E-state index < -0.39 is 7.12 Å². The zero-order chi connectivity index (χ0) is 16.9. The molecule has 116 valence electrons. The van der Waals surface area contributed by atoms with Crippen LogP contribution in [-0.2, 0) is 0 Å². The molecule has 2 N–H and O–H groups in total. The van der Waals surface area contributed by atoms with E-state index in [1.165, 1.54) is 0 Å². The van der Waals surface area contributed by atoms with Crippen LogP contribution in [0.1, 0.15) is 0 Å². The average molecular weight is 315 g/mol. The molecular formula is C19H14BNO3. The highest BCUT2D eigenvalue weighted by Gasteiger charge is 2.10. The molecule has 0 aromatic heterocycles. The lowest BCUT2D eigenvalue weighted by Crippen LogP contribution is -2.29. The first kappa shape index (κ1) is 15.8. The quantitative estimate of drug-likeness (QED) is 0.573. The number of rotatable bonds is 4. The minimum atomic E-state index is -1.45. The van der Waals surface area contributed by atoms with Crippen molar-refractivity contribution in [3.63, 3.8) is 0 Å². The average Bonchev–Trinajstić information content (AvgIpc) is 2.63. The molecule has 0 unspecified atom stereocenters. The van der Waals surface area contributed by atoms with Crippen molar-refractivity contribution >= 4 is 12.6 Å². The van der Waals surface area contributed by atoms with Crippen LogP contribution < -0.4 is 10.2 Å². The van der Waals surface area contributed by atoms with Crippen molar-refractivity contribution in [3.8, 4) is 34.3 Å². The third kappa shape index (κ3) is 3.46. The molecule has 0 bridgehead atoms. The molecule has 0 aliphatic heterocycles. The number of nitrogens with zero attached hydrogens (tertiary/aromatic N) is 1. The maximum Gasteiger partial charge on any atom is 0.488 e. The predicted molar refractivity (Wildman–Crippen MR) is 93.4 cm³/mol. The third-order valence-corrected chi connectivity index (χ3v) is 3.78. The van der Waals surface area contributed by atoms with Crippen molar-refractivity contribution in [2.45, 2.75) is 0 Å². The fraction of sp³-hybridized carbons (Fsp3) is 0. The minimum Gasteiger partial charge on any atom is -0.423 e. The topological polar surface area (TPSA) is 73.5 Å². The summed E-state index contributed by atoms with van der Waals surface area (Å²) in [5.41, 5.74) is 4.61. The van der Waals surface area contributed by atoms with Gasteiger partial charge in [-0.1, -0.05) is 60.7 Å². The van der Waals surface area contributed by atoms with Crippen molar-refractivity contribution in [2.75, 3.05) is 0 Å². The van der Waals surface area contributed by atoms with E-state index >= 15 is 0 Å². The van der Waals surface area contributed by atoms with Crippen LogP contribution in [0.25, 0.3) is 22.3 Å². The zero-order valence-electron chi connectivity index (χ0n) is 12.8. The van der Waals surface area contributed by atoms with Crippen LogP contribution in [0.4, 0.5) is 0 Å². The van der Waals surface area contributed by atoms with E-state index in [-0.39, 0.29) is 0 Å². The van der Waals surface area contributed by atoms with Crippen LogP contribution in [0.3, 0.4) is 0 Å². The maximum atomic E-state index is 9.13. The highest BCUT2D eigenvalue weighted by molar-refractivity contribution is 6.58. The fourth-order valence-corrected chi connectivity index (χ4v) is 2.47. The number of ether oxygens (including phenoxy) is 1. The summed E-state index contributed by atoms with van der Waals surface area (Å²) in [6.07, 6.45) is 1.65. The molecule has 0 fully saturated rings. The summed E-state index contributed by atoms with van der Waals surface area (Å²) in [4.78, 5) is 0. The standard InChI is InChI=1S/C19H14BNO3/c21-13-24-19-11-7-17(8-12-19)15-3-1-14(2-4-15)16-5-9-18(10-6-16)20(22)23/h1-12,22-23H. The molecule has 0 atom stereocenters. The summed E-state index contributed by atoms with van der Waals surface area (Å²) in [5.74, 6) is 0.518. The van der Waals surface area contributed by atoms with Gasteiger partial charge in [-0.3, -0.25) is 0 Å². The minimum absolute atomic E-state index is 0.468. The first-order chi connectivity index (χ1) is 11.7. The first-order valence-corrected chi connectivity index (χ1v) is 7.40. The molecule has 3 rings (SSSR count). The van der Waals surface area contributed by atoms with Crippen molar-refractivity contribution in [2.24, 2.45) is 0 Å². The molecule has 0 aliphatic rings. The first-order valence-electron chi connectivity index (χ1n) is 7.40. The van der Waals surface area contributed by atoms with Crippen LogP contribution in [0.5, 0.6) is 5.75 Å². The Kier molecular flexibility index (Phi) is 4.62. The Morgan fingerprint density at radius 1 is 0.667 bits per heavy atom. The second kappa shape index (κ2) is 7.01. The molecule has 0 saturated heterocycles. The van der Waals surface area contributed by atoms with Crippen LogP contribution in [0, 0.1) is 11.5 Å². The summed E-state index contributed by atoms with van der Waals surface area (Å²) in [5, 5.41) is 26.8. The lowest BCUT2D eigenvalue weighted by molar-refractivity contribution is 0.426. The van der Waals surface area contributed by atoms with Gasteiger partial charge >= 0.3 is 7.12 Å². The lowest BCUT2D eigenvalue weighted by Gasteiger charge is -2.07. The second-order valence-corrected chi connectivity index (χ2v) is 5.29. The SMILES string of the molecule is N#COc1ccc(-c2ccc(-c3ccc(B(O)O)cc3)cc2)cc1. The van der Waals surface area contributed by atoms with E-state index in [1.807, 2.05) is 48.5 Å². The molecular weight excluding hydrogens is 301 g/mol. The van der Waals surface area contributed by atoms with Crippen LogP contribution >= 0.6 is 0 Å². The monoisotopic (exact) mass is 315 g/mol. The predicted octanol–water partition coefficient (Wildman–Crippen LogP) is 2.56. The molecule has 5 heteroatoms. The Morgan fingerprint density at radius 2 is 1.04 bits per heavy atom. The van der Waals surface area contributed by atoms with Gasteiger partial charge in [0.2, 0.25) is 0 Å². The molecule has 0 radical (unpaired) electrons. The van der Waals surface area contributed by atoms with E-state index in [0.29, 0.717) is 11.2 Å². The van der Waals surface area contributed by atoms with Crippen LogP contribution in [-0.4, -0.2) is 17.2 Å². The van der Waals surface area contributed by atoms with Crippen molar-refractivity contribution in [1.82, 2.24) is 0 Å². The van der Waals surface area contributed by atoms with Gasteiger partial charge in [0.1, 0.15) is 5.75 Å². The number of benzene rings is 3. The Morgan fingerprint density at radius 3 is 1.42 bits per heavy atom. The second-order valence-electron chi connectivity index (χ2n) is 5.29. The maximum absolute atomic E-state index is 9.13. The van der Waals surface area contributed by atoms with Crippen molar-refractivity contribution in [3.05, 3.63) is 72.8 Å². The number of hydrogen-bond donors (Lipinski definition) is 2.